The van der Waals surface area contributed by atoms with E-state index in [9.17, 15) is 14.4 Å². The molecule has 0 aliphatic heterocycles. The predicted molar refractivity (Wildman–Crippen MR) is 104 cm³/mol. The smallest absolute Gasteiger partial charge is 0.313 e. The highest BCUT2D eigenvalue weighted by molar-refractivity contribution is 6.40. The molecule has 0 atom stereocenters. The standard InChI is InChI=1S/C19H20ClN3O4/c1-3-27-15-7-5-14(6-8-15)22-19(26)18(25)21-11-17(24)23-16-9-4-13(20)10-12(16)2/h4-10H,3,11H2,1-2H3,(H,21,25)(H,22,26)(H,23,24). The zero-order valence-corrected chi connectivity index (χ0v) is 15.7. The van der Waals surface area contributed by atoms with Gasteiger partial charge in [-0.3, -0.25) is 14.4 Å². The summed E-state index contributed by atoms with van der Waals surface area (Å²) >= 11 is 5.86. The lowest BCUT2D eigenvalue weighted by Gasteiger charge is -2.10. The number of amides is 3. The minimum Gasteiger partial charge on any atom is -0.494 e. The van der Waals surface area contributed by atoms with Crippen molar-refractivity contribution in [1.82, 2.24) is 5.32 Å². The Labute approximate surface area is 162 Å². The summed E-state index contributed by atoms with van der Waals surface area (Å²) in [6.45, 7) is 3.86. The zero-order valence-electron chi connectivity index (χ0n) is 15.0. The van der Waals surface area contributed by atoms with Crippen LogP contribution in [0.1, 0.15) is 12.5 Å². The Balaban J connectivity index is 1.81. The van der Waals surface area contributed by atoms with E-state index in [-0.39, 0.29) is 6.54 Å². The maximum Gasteiger partial charge on any atom is 0.313 e. The number of benzene rings is 2. The molecule has 27 heavy (non-hydrogen) atoms. The van der Waals surface area contributed by atoms with Gasteiger partial charge >= 0.3 is 11.8 Å². The van der Waals surface area contributed by atoms with E-state index in [2.05, 4.69) is 16.0 Å². The Morgan fingerprint density at radius 3 is 2.33 bits per heavy atom. The fraction of sp³-hybridized carbons (Fsp3) is 0.211. The molecule has 3 N–H and O–H groups in total. The minimum atomic E-state index is -0.910. The van der Waals surface area contributed by atoms with E-state index in [4.69, 9.17) is 16.3 Å². The molecule has 0 aromatic heterocycles. The lowest BCUT2D eigenvalue weighted by molar-refractivity contribution is -0.136. The summed E-state index contributed by atoms with van der Waals surface area (Å²) in [4.78, 5) is 35.7. The molecule has 0 radical (unpaired) electrons. The highest BCUT2D eigenvalue weighted by atomic mass is 35.5. The first-order chi connectivity index (χ1) is 12.9. The van der Waals surface area contributed by atoms with Crippen LogP contribution in [-0.4, -0.2) is 30.9 Å². The van der Waals surface area contributed by atoms with Crippen molar-refractivity contribution in [3.8, 4) is 5.75 Å². The molecular weight excluding hydrogens is 370 g/mol. The Kier molecular flexibility index (Phi) is 7.19. The minimum absolute atomic E-state index is 0.336. The molecule has 8 heteroatoms. The van der Waals surface area contributed by atoms with Crippen molar-refractivity contribution in [2.75, 3.05) is 23.8 Å². The van der Waals surface area contributed by atoms with Crippen LogP contribution in [0.25, 0.3) is 0 Å². The molecule has 2 rings (SSSR count). The topological polar surface area (TPSA) is 96.5 Å². The van der Waals surface area contributed by atoms with Gasteiger partial charge in [-0.15, -0.1) is 0 Å². The predicted octanol–water partition coefficient (Wildman–Crippen LogP) is 2.74. The Hall–Kier alpha value is -3.06. The van der Waals surface area contributed by atoms with E-state index in [0.29, 0.717) is 28.8 Å². The molecule has 0 bridgehead atoms. The van der Waals surface area contributed by atoms with Crippen LogP contribution in [0.3, 0.4) is 0 Å². The average molecular weight is 390 g/mol. The summed E-state index contributed by atoms with van der Waals surface area (Å²) in [5.41, 5.74) is 1.81. The number of rotatable bonds is 6. The summed E-state index contributed by atoms with van der Waals surface area (Å²) in [5.74, 6) is -1.57. The Bertz CT molecular complexity index is 837. The van der Waals surface area contributed by atoms with Crippen molar-refractivity contribution in [2.45, 2.75) is 13.8 Å². The molecule has 0 spiro atoms. The highest BCUT2D eigenvalue weighted by Crippen LogP contribution is 2.19. The van der Waals surface area contributed by atoms with Crippen molar-refractivity contribution in [3.05, 3.63) is 53.1 Å². The van der Waals surface area contributed by atoms with Crippen molar-refractivity contribution in [1.29, 1.82) is 0 Å². The van der Waals surface area contributed by atoms with Gasteiger partial charge in [-0.2, -0.15) is 0 Å². The molecule has 0 aliphatic rings. The molecule has 0 unspecified atom stereocenters. The van der Waals surface area contributed by atoms with Crippen LogP contribution < -0.4 is 20.7 Å². The maximum atomic E-state index is 11.9. The van der Waals surface area contributed by atoms with Gasteiger partial charge in [-0.05, 0) is 61.9 Å². The van der Waals surface area contributed by atoms with Crippen LogP contribution in [0.15, 0.2) is 42.5 Å². The second-order valence-corrected chi connectivity index (χ2v) is 6.04. The normalized spacial score (nSPS) is 10.0. The number of anilines is 2. The number of carbonyl (C=O) groups excluding carboxylic acids is 3. The molecule has 3 amide bonds. The molecule has 2 aromatic carbocycles. The van der Waals surface area contributed by atoms with E-state index in [1.807, 2.05) is 6.92 Å². The second kappa shape index (κ2) is 9.59. The number of halogens is 1. The lowest BCUT2D eigenvalue weighted by atomic mass is 10.2. The quantitative estimate of drug-likeness (QED) is 0.662. The van der Waals surface area contributed by atoms with Crippen molar-refractivity contribution < 1.29 is 19.1 Å². The number of hydrogen-bond donors (Lipinski definition) is 3. The second-order valence-electron chi connectivity index (χ2n) is 5.60. The third kappa shape index (κ3) is 6.31. The lowest BCUT2D eigenvalue weighted by Crippen LogP contribution is -2.39. The Morgan fingerprint density at radius 2 is 1.70 bits per heavy atom. The SMILES string of the molecule is CCOc1ccc(NC(=O)C(=O)NCC(=O)Nc2ccc(Cl)cc2C)cc1. The third-order valence-electron chi connectivity index (χ3n) is 3.50. The van der Waals surface area contributed by atoms with Crippen LogP contribution in [0, 0.1) is 6.92 Å². The number of hydrogen-bond acceptors (Lipinski definition) is 4. The summed E-state index contributed by atoms with van der Waals surface area (Å²) in [6, 6.07) is 11.6. The molecular formula is C19H20ClN3O4. The van der Waals surface area contributed by atoms with Gasteiger partial charge in [0.05, 0.1) is 13.2 Å². The highest BCUT2D eigenvalue weighted by Gasteiger charge is 2.15. The fourth-order valence-electron chi connectivity index (χ4n) is 2.19. The summed E-state index contributed by atoms with van der Waals surface area (Å²) < 4.78 is 5.30. The number of aryl methyl sites for hydroxylation is 1. The molecule has 0 saturated carbocycles. The van der Waals surface area contributed by atoms with Crippen molar-refractivity contribution in [2.24, 2.45) is 0 Å². The first-order valence-corrected chi connectivity index (χ1v) is 8.65. The largest absolute Gasteiger partial charge is 0.494 e. The fourth-order valence-corrected chi connectivity index (χ4v) is 2.42. The molecule has 0 aliphatic carbocycles. The van der Waals surface area contributed by atoms with E-state index in [0.717, 1.165) is 5.56 Å². The monoisotopic (exact) mass is 389 g/mol. The number of ether oxygens (including phenoxy) is 1. The zero-order chi connectivity index (χ0) is 19.8. The van der Waals surface area contributed by atoms with Gasteiger partial charge in [-0.1, -0.05) is 11.6 Å². The van der Waals surface area contributed by atoms with Crippen LogP contribution >= 0.6 is 11.6 Å². The van der Waals surface area contributed by atoms with E-state index in [1.165, 1.54) is 0 Å². The summed E-state index contributed by atoms with van der Waals surface area (Å²) in [7, 11) is 0. The number of carbonyl (C=O) groups is 3. The van der Waals surface area contributed by atoms with Gasteiger partial charge < -0.3 is 20.7 Å². The van der Waals surface area contributed by atoms with Gasteiger partial charge in [-0.25, -0.2) is 0 Å². The Morgan fingerprint density at radius 1 is 1.00 bits per heavy atom. The molecule has 142 valence electrons. The van der Waals surface area contributed by atoms with Gasteiger partial charge in [0, 0.05) is 16.4 Å². The summed E-state index contributed by atoms with van der Waals surface area (Å²) in [6.07, 6.45) is 0. The van der Waals surface area contributed by atoms with E-state index >= 15 is 0 Å². The molecule has 0 saturated heterocycles. The third-order valence-corrected chi connectivity index (χ3v) is 3.74. The molecule has 2 aromatic rings. The molecule has 7 nitrogen and oxygen atoms in total. The maximum absolute atomic E-state index is 11.9. The van der Waals surface area contributed by atoms with Crippen LogP contribution in [0.5, 0.6) is 5.75 Å². The van der Waals surface area contributed by atoms with Crippen molar-refractivity contribution >= 4 is 40.7 Å². The first kappa shape index (κ1) is 20.3. The van der Waals surface area contributed by atoms with Crippen LogP contribution in [-0.2, 0) is 14.4 Å². The molecule has 0 heterocycles. The van der Waals surface area contributed by atoms with Crippen molar-refractivity contribution in [3.63, 3.8) is 0 Å². The first-order valence-electron chi connectivity index (χ1n) is 8.27. The van der Waals surface area contributed by atoms with Gasteiger partial charge in [0.1, 0.15) is 5.75 Å². The molecule has 0 fully saturated rings. The van der Waals surface area contributed by atoms with Gasteiger partial charge in [0.15, 0.2) is 0 Å². The van der Waals surface area contributed by atoms with Crippen LogP contribution in [0.2, 0.25) is 5.02 Å². The van der Waals surface area contributed by atoms with E-state index < -0.39 is 17.7 Å². The number of nitrogens with one attached hydrogen (secondary N) is 3. The summed E-state index contributed by atoms with van der Waals surface area (Å²) in [5, 5.41) is 7.92. The van der Waals surface area contributed by atoms with Gasteiger partial charge in [0.2, 0.25) is 5.91 Å². The van der Waals surface area contributed by atoms with E-state index in [1.54, 1.807) is 49.4 Å². The van der Waals surface area contributed by atoms with Crippen LogP contribution in [0.4, 0.5) is 11.4 Å². The van der Waals surface area contributed by atoms with Gasteiger partial charge in [0.25, 0.3) is 0 Å². The average Bonchev–Trinajstić information content (AvgIpc) is 2.64.